The van der Waals surface area contributed by atoms with Crippen LogP contribution in [0.2, 0.25) is 0 Å². The fourth-order valence-electron chi connectivity index (χ4n) is 1.37. The quantitative estimate of drug-likeness (QED) is 0.749. The van der Waals surface area contributed by atoms with E-state index in [1.54, 1.807) is 6.07 Å². The lowest BCUT2D eigenvalue weighted by Crippen LogP contribution is -2.04. The van der Waals surface area contributed by atoms with E-state index >= 15 is 0 Å². The number of fused-ring (bicyclic) bond motifs is 1. The molecule has 0 atom stereocenters. The molecule has 0 unspecified atom stereocenters. The molecular formula is C9H10N4O2. The van der Waals surface area contributed by atoms with Crippen LogP contribution in [0.5, 0.6) is 0 Å². The number of carbonyl (C=O) groups is 1. The van der Waals surface area contributed by atoms with Gasteiger partial charge in [0.25, 0.3) is 0 Å². The Hall–Kier alpha value is -2.11. The van der Waals surface area contributed by atoms with Crippen LogP contribution in [0, 0.1) is 0 Å². The molecule has 0 fully saturated rings. The minimum absolute atomic E-state index is 0.0667. The highest BCUT2D eigenvalue weighted by Gasteiger charge is 2.14. The Kier molecular flexibility index (Phi) is 2.03. The molecule has 3 N–H and O–H groups in total. The maximum atomic E-state index is 10.9. The van der Waals surface area contributed by atoms with Gasteiger partial charge < -0.3 is 10.8 Å². The predicted molar refractivity (Wildman–Crippen MR) is 53.7 cm³/mol. The van der Waals surface area contributed by atoms with E-state index in [1.165, 1.54) is 10.7 Å². The number of hydrogen-bond donors (Lipinski definition) is 2. The highest BCUT2D eigenvalue weighted by molar-refractivity contribution is 5.94. The summed E-state index contributed by atoms with van der Waals surface area (Å²) in [4.78, 5) is 15.0. The zero-order valence-electron chi connectivity index (χ0n) is 8.14. The number of nitrogens with two attached hydrogens (primary N) is 1. The Morgan fingerprint density at radius 1 is 1.67 bits per heavy atom. The Morgan fingerprint density at radius 2 is 2.40 bits per heavy atom. The van der Waals surface area contributed by atoms with Crippen LogP contribution >= 0.6 is 0 Å². The molecular weight excluding hydrogens is 196 g/mol. The molecule has 0 aromatic carbocycles. The van der Waals surface area contributed by atoms with Gasteiger partial charge in [0, 0.05) is 11.8 Å². The smallest absolute Gasteiger partial charge is 0.341 e. The summed E-state index contributed by atoms with van der Waals surface area (Å²) >= 11 is 0. The van der Waals surface area contributed by atoms with Gasteiger partial charge in [-0.2, -0.15) is 9.61 Å². The van der Waals surface area contributed by atoms with Crippen molar-refractivity contribution in [2.75, 3.05) is 5.73 Å². The molecule has 0 amide bonds. The molecule has 0 bridgehead atoms. The number of aromatic carboxylic acids is 1. The van der Waals surface area contributed by atoms with Gasteiger partial charge in [0.05, 0.1) is 6.20 Å². The van der Waals surface area contributed by atoms with Gasteiger partial charge >= 0.3 is 5.97 Å². The van der Waals surface area contributed by atoms with E-state index < -0.39 is 5.97 Å². The van der Waals surface area contributed by atoms with Gasteiger partial charge in [-0.3, -0.25) is 0 Å². The van der Waals surface area contributed by atoms with Crippen LogP contribution in [0.15, 0.2) is 12.3 Å². The molecule has 2 heterocycles. The Balaban J connectivity index is 2.78. The summed E-state index contributed by atoms with van der Waals surface area (Å²) in [5, 5.41) is 12.8. The van der Waals surface area contributed by atoms with Crippen molar-refractivity contribution in [3.8, 4) is 0 Å². The SMILES string of the molecule is CCc1cc(N)n2ncc(C(=O)O)c2n1. The van der Waals surface area contributed by atoms with Crippen molar-refractivity contribution in [2.24, 2.45) is 0 Å². The van der Waals surface area contributed by atoms with Crippen molar-refractivity contribution in [3.05, 3.63) is 23.5 Å². The summed E-state index contributed by atoms with van der Waals surface area (Å²) < 4.78 is 1.32. The van der Waals surface area contributed by atoms with Crippen LogP contribution in [-0.2, 0) is 6.42 Å². The normalized spacial score (nSPS) is 10.7. The summed E-state index contributed by atoms with van der Waals surface area (Å²) in [5.41, 5.74) is 6.82. The number of aryl methyl sites for hydroxylation is 1. The Labute approximate surface area is 85.3 Å². The number of rotatable bonds is 2. The van der Waals surface area contributed by atoms with Crippen LogP contribution in [0.25, 0.3) is 5.65 Å². The first kappa shape index (κ1) is 9.45. The average Bonchev–Trinajstić information content (AvgIpc) is 2.61. The van der Waals surface area contributed by atoms with Crippen molar-refractivity contribution in [1.82, 2.24) is 14.6 Å². The summed E-state index contributed by atoms with van der Waals surface area (Å²) in [6.45, 7) is 1.93. The van der Waals surface area contributed by atoms with E-state index in [9.17, 15) is 4.79 Å². The molecule has 0 radical (unpaired) electrons. The molecule has 6 heteroatoms. The lowest BCUT2D eigenvalue weighted by atomic mass is 10.3. The van der Waals surface area contributed by atoms with Gasteiger partial charge in [0.15, 0.2) is 5.65 Å². The Morgan fingerprint density at radius 3 is 3.00 bits per heavy atom. The number of hydrogen-bond acceptors (Lipinski definition) is 4. The first-order valence-corrected chi connectivity index (χ1v) is 4.50. The molecule has 0 aliphatic carbocycles. The lowest BCUT2D eigenvalue weighted by Gasteiger charge is -2.02. The predicted octanol–water partition coefficient (Wildman–Crippen LogP) is 0.572. The molecule has 0 spiro atoms. The van der Waals surface area contributed by atoms with E-state index in [2.05, 4.69) is 10.1 Å². The largest absolute Gasteiger partial charge is 0.477 e. The molecule has 0 aliphatic heterocycles. The monoisotopic (exact) mass is 206 g/mol. The van der Waals surface area contributed by atoms with Crippen LogP contribution in [0.3, 0.4) is 0 Å². The van der Waals surface area contributed by atoms with Gasteiger partial charge in [0.2, 0.25) is 0 Å². The summed E-state index contributed by atoms with van der Waals surface area (Å²) in [7, 11) is 0. The second-order valence-electron chi connectivity index (χ2n) is 3.12. The van der Waals surface area contributed by atoms with Crippen LogP contribution in [0.4, 0.5) is 5.82 Å². The molecule has 0 saturated carbocycles. The Bertz CT molecular complexity index is 532. The van der Waals surface area contributed by atoms with Gasteiger partial charge in [-0.05, 0) is 6.42 Å². The van der Waals surface area contributed by atoms with Gasteiger partial charge in [-0.25, -0.2) is 9.78 Å². The first-order valence-electron chi connectivity index (χ1n) is 4.50. The number of carboxylic acid groups (broad SMARTS) is 1. The topological polar surface area (TPSA) is 93.5 Å². The minimum Gasteiger partial charge on any atom is -0.477 e. The van der Waals surface area contributed by atoms with E-state index in [0.29, 0.717) is 17.9 Å². The molecule has 0 aliphatic rings. The third kappa shape index (κ3) is 1.39. The van der Waals surface area contributed by atoms with E-state index in [-0.39, 0.29) is 5.56 Å². The zero-order chi connectivity index (χ0) is 11.0. The third-order valence-electron chi connectivity index (χ3n) is 2.15. The number of carboxylic acids is 1. The third-order valence-corrected chi connectivity index (χ3v) is 2.15. The zero-order valence-corrected chi connectivity index (χ0v) is 8.14. The van der Waals surface area contributed by atoms with E-state index in [4.69, 9.17) is 10.8 Å². The molecule has 15 heavy (non-hydrogen) atoms. The summed E-state index contributed by atoms with van der Waals surface area (Å²) in [6, 6.07) is 1.69. The van der Waals surface area contributed by atoms with E-state index in [0.717, 1.165) is 5.69 Å². The average molecular weight is 206 g/mol. The molecule has 0 saturated heterocycles. The first-order chi connectivity index (χ1) is 7.13. The molecule has 2 aromatic heterocycles. The lowest BCUT2D eigenvalue weighted by molar-refractivity contribution is 0.0699. The van der Waals surface area contributed by atoms with Crippen molar-refractivity contribution in [2.45, 2.75) is 13.3 Å². The van der Waals surface area contributed by atoms with Gasteiger partial charge in [-0.1, -0.05) is 6.92 Å². The van der Waals surface area contributed by atoms with Crippen molar-refractivity contribution in [1.29, 1.82) is 0 Å². The van der Waals surface area contributed by atoms with Crippen molar-refractivity contribution < 1.29 is 9.90 Å². The standard InChI is InChI=1S/C9H10N4O2/c1-2-5-3-7(10)13-8(12-5)6(4-11-13)9(14)15/h3-4H,2,10H2,1H3,(H,14,15). The maximum absolute atomic E-state index is 10.9. The maximum Gasteiger partial charge on any atom is 0.341 e. The van der Waals surface area contributed by atoms with Crippen LogP contribution in [-0.4, -0.2) is 25.7 Å². The van der Waals surface area contributed by atoms with Gasteiger partial charge in [-0.15, -0.1) is 0 Å². The second kappa shape index (κ2) is 3.23. The van der Waals surface area contributed by atoms with Crippen molar-refractivity contribution >= 4 is 17.4 Å². The molecule has 78 valence electrons. The number of nitrogen functional groups attached to an aromatic ring is 1. The summed E-state index contributed by atoms with van der Waals surface area (Å²) in [5.74, 6) is -0.658. The van der Waals surface area contributed by atoms with Crippen LogP contribution < -0.4 is 5.73 Å². The highest BCUT2D eigenvalue weighted by Crippen LogP contribution is 2.13. The number of aromatic nitrogens is 3. The fourth-order valence-corrected chi connectivity index (χ4v) is 1.37. The molecule has 6 nitrogen and oxygen atoms in total. The minimum atomic E-state index is -1.05. The number of nitrogens with zero attached hydrogens (tertiary/aromatic N) is 3. The number of anilines is 1. The summed E-state index contributed by atoms with van der Waals surface area (Å²) in [6.07, 6.45) is 1.95. The van der Waals surface area contributed by atoms with E-state index in [1.807, 2.05) is 6.92 Å². The molecule has 2 rings (SSSR count). The van der Waals surface area contributed by atoms with Crippen molar-refractivity contribution in [3.63, 3.8) is 0 Å². The van der Waals surface area contributed by atoms with Gasteiger partial charge in [0.1, 0.15) is 11.4 Å². The fraction of sp³-hybridized carbons (Fsp3) is 0.222. The highest BCUT2D eigenvalue weighted by atomic mass is 16.4. The second-order valence-corrected chi connectivity index (χ2v) is 3.12. The molecule has 2 aromatic rings. The van der Waals surface area contributed by atoms with Crippen LogP contribution in [0.1, 0.15) is 23.0 Å².